The molecule has 0 aliphatic carbocycles. The molecule has 0 fully saturated rings. The highest BCUT2D eigenvalue weighted by Crippen LogP contribution is 2.03. The number of hydrogen-bond donors (Lipinski definition) is 0. The predicted molar refractivity (Wildman–Crippen MR) is 46.5 cm³/mol. The molecular weight excluding hydrogens is 188 g/mol. The summed E-state index contributed by atoms with van der Waals surface area (Å²) >= 11 is 0. The minimum Gasteiger partial charge on any atom is -0.463 e. The van der Waals surface area contributed by atoms with Gasteiger partial charge in [0.2, 0.25) is 5.78 Å². The highest BCUT2D eigenvalue weighted by atomic mass is 16.5. The van der Waals surface area contributed by atoms with Gasteiger partial charge in [-0.05, 0) is 6.92 Å². The van der Waals surface area contributed by atoms with Gasteiger partial charge in [0, 0.05) is 6.42 Å². The van der Waals surface area contributed by atoms with Gasteiger partial charge in [0.15, 0.2) is 0 Å². The van der Waals surface area contributed by atoms with Crippen molar-refractivity contribution in [3.8, 4) is 0 Å². The quantitative estimate of drug-likeness (QED) is 0.352. The fraction of sp³-hybridized carbons (Fsp3) is 0.556. The van der Waals surface area contributed by atoms with Crippen molar-refractivity contribution in [2.75, 3.05) is 7.11 Å². The van der Waals surface area contributed by atoms with Crippen molar-refractivity contribution in [1.82, 2.24) is 0 Å². The number of esters is 1. The second-order valence-electron chi connectivity index (χ2n) is 2.73. The van der Waals surface area contributed by atoms with Crippen LogP contribution in [-0.2, 0) is 23.9 Å². The van der Waals surface area contributed by atoms with E-state index in [1.807, 2.05) is 0 Å². The zero-order valence-electron chi connectivity index (χ0n) is 8.33. The van der Waals surface area contributed by atoms with E-state index in [-0.39, 0.29) is 12.2 Å². The maximum atomic E-state index is 11.2. The zero-order chi connectivity index (χ0) is 11.3. The van der Waals surface area contributed by atoms with Crippen molar-refractivity contribution in [3.63, 3.8) is 0 Å². The maximum Gasteiger partial charge on any atom is 0.382 e. The first-order chi connectivity index (χ1) is 6.45. The van der Waals surface area contributed by atoms with Crippen LogP contribution in [0.5, 0.6) is 0 Å². The van der Waals surface area contributed by atoms with Crippen molar-refractivity contribution in [3.05, 3.63) is 0 Å². The molecule has 0 aromatic rings. The average molecular weight is 200 g/mol. The molecule has 0 bridgehead atoms. The summed E-state index contributed by atoms with van der Waals surface area (Å²) in [5.41, 5.74) is 0. The summed E-state index contributed by atoms with van der Waals surface area (Å²) in [7, 11) is 1.000. The van der Waals surface area contributed by atoms with Gasteiger partial charge >= 0.3 is 11.8 Å². The smallest absolute Gasteiger partial charge is 0.382 e. The van der Waals surface area contributed by atoms with Crippen molar-refractivity contribution in [1.29, 1.82) is 0 Å². The number of Topliss-reactive ketones (excluding diaryl/α,β-unsaturated/α-hetero) is 3. The highest BCUT2D eigenvalue weighted by molar-refractivity contribution is 6.63. The SMILES string of the molecule is CCC(=O)C(C)C(=O)C(=O)C(=O)OC. The van der Waals surface area contributed by atoms with Gasteiger partial charge in [0.1, 0.15) is 5.78 Å². The first kappa shape index (κ1) is 12.5. The Morgan fingerprint density at radius 3 is 2.07 bits per heavy atom. The van der Waals surface area contributed by atoms with Gasteiger partial charge < -0.3 is 4.74 Å². The molecule has 0 spiro atoms. The Labute approximate surface area is 81.4 Å². The molecule has 14 heavy (non-hydrogen) atoms. The molecule has 0 aliphatic heterocycles. The van der Waals surface area contributed by atoms with Crippen LogP contribution >= 0.6 is 0 Å². The summed E-state index contributed by atoms with van der Waals surface area (Å²) in [5.74, 6) is -4.95. The fourth-order valence-corrected chi connectivity index (χ4v) is 0.842. The molecule has 0 aliphatic rings. The summed E-state index contributed by atoms with van der Waals surface area (Å²) in [4.78, 5) is 43.8. The number of ketones is 3. The van der Waals surface area contributed by atoms with Gasteiger partial charge in [0.05, 0.1) is 13.0 Å². The third-order valence-electron chi connectivity index (χ3n) is 1.82. The lowest BCUT2D eigenvalue weighted by Gasteiger charge is -2.05. The Hall–Kier alpha value is -1.52. The Bertz CT molecular complexity index is 279. The highest BCUT2D eigenvalue weighted by Gasteiger charge is 2.31. The van der Waals surface area contributed by atoms with Gasteiger partial charge in [-0.15, -0.1) is 0 Å². The van der Waals surface area contributed by atoms with Crippen molar-refractivity contribution >= 4 is 23.3 Å². The lowest BCUT2D eigenvalue weighted by Crippen LogP contribution is -2.33. The van der Waals surface area contributed by atoms with Crippen LogP contribution in [0.2, 0.25) is 0 Å². The molecule has 0 N–H and O–H groups in total. The van der Waals surface area contributed by atoms with Crippen molar-refractivity contribution in [2.45, 2.75) is 20.3 Å². The van der Waals surface area contributed by atoms with Gasteiger partial charge in [-0.3, -0.25) is 14.4 Å². The molecule has 5 heteroatoms. The monoisotopic (exact) mass is 200 g/mol. The van der Waals surface area contributed by atoms with Crippen molar-refractivity contribution in [2.24, 2.45) is 5.92 Å². The minimum absolute atomic E-state index is 0.154. The number of rotatable bonds is 5. The Morgan fingerprint density at radius 1 is 1.21 bits per heavy atom. The standard InChI is InChI=1S/C9H12O5/c1-4-6(10)5(2)7(11)8(12)9(13)14-3/h5H,4H2,1-3H3. The van der Waals surface area contributed by atoms with E-state index < -0.39 is 23.5 Å². The lowest BCUT2D eigenvalue weighted by molar-refractivity contribution is -0.156. The second kappa shape index (κ2) is 5.26. The number of ether oxygens (including phenoxy) is 1. The second-order valence-corrected chi connectivity index (χ2v) is 2.73. The van der Waals surface area contributed by atoms with E-state index in [1.54, 1.807) is 6.92 Å². The van der Waals surface area contributed by atoms with Crippen LogP contribution in [0.3, 0.4) is 0 Å². The van der Waals surface area contributed by atoms with E-state index in [9.17, 15) is 19.2 Å². The van der Waals surface area contributed by atoms with Gasteiger partial charge in [0.25, 0.3) is 0 Å². The van der Waals surface area contributed by atoms with E-state index in [0.717, 1.165) is 7.11 Å². The first-order valence-electron chi connectivity index (χ1n) is 4.14. The molecule has 0 rings (SSSR count). The Balaban J connectivity index is 4.55. The molecule has 5 nitrogen and oxygen atoms in total. The Morgan fingerprint density at radius 2 is 1.71 bits per heavy atom. The lowest BCUT2D eigenvalue weighted by atomic mass is 9.97. The van der Waals surface area contributed by atoms with E-state index >= 15 is 0 Å². The normalized spacial score (nSPS) is 11.6. The van der Waals surface area contributed by atoms with Crippen molar-refractivity contribution < 1.29 is 23.9 Å². The molecule has 1 atom stereocenters. The number of carbonyl (C=O) groups is 4. The molecule has 1 unspecified atom stereocenters. The van der Waals surface area contributed by atoms with E-state index in [4.69, 9.17) is 0 Å². The van der Waals surface area contributed by atoms with E-state index in [2.05, 4.69) is 4.74 Å². The molecule has 0 aromatic carbocycles. The molecular formula is C9H12O5. The third-order valence-corrected chi connectivity index (χ3v) is 1.82. The van der Waals surface area contributed by atoms with Gasteiger partial charge in [-0.1, -0.05) is 6.92 Å². The Kier molecular flexibility index (Phi) is 4.69. The molecule has 0 saturated carbocycles. The number of methoxy groups -OCH3 is 1. The molecule has 0 amide bonds. The summed E-state index contributed by atoms with van der Waals surface area (Å²) < 4.78 is 4.08. The first-order valence-corrected chi connectivity index (χ1v) is 4.14. The number of carbonyl (C=O) groups excluding carboxylic acids is 4. The van der Waals surface area contributed by atoms with Crippen LogP contribution in [0.25, 0.3) is 0 Å². The van der Waals surface area contributed by atoms with Crippen LogP contribution in [0.4, 0.5) is 0 Å². The molecule has 0 saturated heterocycles. The molecule has 78 valence electrons. The average Bonchev–Trinajstić information content (AvgIpc) is 2.23. The van der Waals surface area contributed by atoms with E-state index in [0.29, 0.717) is 0 Å². The van der Waals surface area contributed by atoms with Gasteiger partial charge in [-0.25, -0.2) is 4.79 Å². The van der Waals surface area contributed by atoms with Gasteiger partial charge in [-0.2, -0.15) is 0 Å². The fourth-order valence-electron chi connectivity index (χ4n) is 0.842. The summed E-state index contributed by atoms with van der Waals surface area (Å²) in [6.45, 7) is 2.88. The maximum absolute atomic E-state index is 11.2. The van der Waals surface area contributed by atoms with Crippen LogP contribution < -0.4 is 0 Å². The molecule has 0 heterocycles. The summed E-state index contributed by atoms with van der Waals surface area (Å²) in [6.07, 6.45) is 0.154. The number of hydrogen-bond acceptors (Lipinski definition) is 5. The molecule has 0 aromatic heterocycles. The predicted octanol–water partition coefficient (Wildman–Crippen LogP) is -0.0872. The summed E-state index contributed by atoms with van der Waals surface area (Å²) in [5, 5.41) is 0. The van der Waals surface area contributed by atoms with Crippen LogP contribution in [0.1, 0.15) is 20.3 Å². The van der Waals surface area contributed by atoms with Crippen LogP contribution in [0.15, 0.2) is 0 Å². The third kappa shape index (κ3) is 2.76. The summed E-state index contributed by atoms with van der Waals surface area (Å²) in [6, 6.07) is 0. The molecule has 0 radical (unpaired) electrons. The van der Waals surface area contributed by atoms with Crippen LogP contribution in [0, 0.1) is 5.92 Å². The zero-order valence-corrected chi connectivity index (χ0v) is 8.33. The topological polar surface area (TPSA) is 77.5 Å². The minimum atomic E-state index is -1.28. The van der Waals surface area contributed by atoms with Crippen LogP contribution in [-0.4, -0.2) is 30.4 Å². The largest absolute Gasteiger partial charge is 0.463 e. The van der Waals surface area contributed by atoms with E-state index in [1.165, 1.54) is 6.92 Å².